The SMILES string of the molecule is CC[C@@H](c1ccc(OC)cc1)[C@H](CO)NS(=O)(=O)c1ccc(Cl)s1. The summed E-state index contributed by atoms with van der Waals surface area (Å²) >= 11 is 6.80. The van der Waals surface area contributed by atoms with Gasteiger partial charge >= 0.3 is 0 Å². The Labute approximate surface area is 151 Å². The number of halogens is 1. The largest absolute Gasteiger partial charge is 0.497 e. The smallest absolute Gasteiger partial charge is 0.250 e. The molecule has 8 heteroatoms. The number of ether oxygens (including phenoxy) is 1. The fourth-order valence-electron chi connectivity index (χ4n) is 2.55. The van der Waals surface area contributed by atoms with Crippen LogP contribution in [0.15, 0.2) is 40.6 Å². The number of aliphatic hydroxyl groups excluding tert-OH is 1. The van der Waals surface area contributed by atoms with Crippen LogP contribution < -0.4 is 9.46 Å². The van der Waals surface area contributed by atoms with E-state index < -0.39 is 16.1 Å². The van der Waals surface area contributed by atoms with Gasteiger partial charge in [-0.1, -0.05) is 30.7 Å². The van der Waals surface area contributed by atoms with Crippen molar-refractivity contribution in [3.8, 4) is 5.75 Å². The second kappa shape index (κ2) is 8.31. The van der Waals surface area contributed by atoms with Crippen molar-refractivity contribution in [2.75, 3.05) is 13.7 Å². The number of methoxy groups -OCH3 is 1. The molecule has 0 radical (unpaired) electrons. The molecule has 0 aliphatic rings. The highest BCUT2D eigenvalue weighted by Crippen LogP contribution is 2.29. The zero-order chi connectivity index (χ0) is 17.7. The van der Waals surface area contributed by atoms with Gasteiger partial charge in [-0.3, -0.25) is 0 Å². The molecule has 2 rings (SSSR count). The van der Waals surface area contributed by atoms with E-state index in [1.165, 1.54) is 12.1 Å². The van der Waals surface area contributed by atoms with Gasteiger partial charge in [0.05, 0.1) is 24.1 Å². The number of nitrogens with one attached hydrogen (secondary N) is 1. The third kappa shape index (κ3) is 4.49. The first-order valence-corrected chi connectivity index (χ1v) is 10.1. The van der Waals surface area contributed by atoms with Gasteiger partial charge in [-0.15, -0.1) is 11.3 Å². The molecule has 0 amide bonds. The topological polar surface area (TPSA) is 75.6 Å². The van der Waals surface area contributed by atoms with Crippen LogP contribution in [0.25, 0.3) is 0 Å². The van der Waals surface area contributed by atoms with Crippen molar-refractivity contribution in [3.05, 3.63) is 46.3 Å². The molecule has 0 saturated carbocycles. The first-order chi connectivity index (χ1) is 11.4. The summed E-state index contributed by atoms with van der Waals surface area (Å²) in [5, 5.41) is 9.73. The molecule has 132 valence electrons. The molecular formula is C16H20ClNO4S2. The van der Waals surface area contributed by atoms with Crippen molar-refractivity contribution in [2.45, 2.75) is 29.5 Å². The Bertz CT molecular complexity index is 759. The lowest BCUT2D eigenvalue weighted by Crippen LogP contribution is -2.41. The van der Waals surface area contributed by atoms with Crippen LogP contribution in [0.2, 0.25) is 4.34 Å². The number of sulfonamides is 1. The molecule has 2 aromatic rings. The summed E-state index contributed by atoms with van der Waals surface area (Å²) in [5.74, 6) is 0.564. The lowest BCUT2D eigenvalue weighted by molar-refractivity contribution is 0.236. The third-order valence-electron chi connectivity index (χ3n) is 3.79. The summed E-state index contributed by atoms with van der Waals surface area (Å²) in [6.07, 6.45) is 0.672. The third-order valence-corrected chi connectivity index (χ3v) is 7.00. The van der Waals surface area contributed by atoms with E-state index in [9.17, 15) is 13.5 Å². The van der Waals surface area contributed by atoms with Gasteiger partial charge in [0, 0.05) is 5.92 Å². The van der Waals surface area contributed by atoms with E-state index in [1.54, 1.807) is 7.11 Å². The molecule has 1 heterocycles. The van der Waals surface area contributed by atoms with Crippen LogP contribution >= 0.6 is 22.9 Å². The van der Waals surface area contributed by atoms with Crippen molar-refractivity contribution < 1.29 is 18.3 Å². The summed E-state index contributed by atoms with van der Waals surface area (Å²) in [4.78, 5) is 0. The van der Waals surface area contributed by atoms with Crippen molar-refractivity contribution in [1.29, 1.82) is 0 Å². The second-order valence-corrected chi connectivity index (χ2v) is 8.91. The quantitative estimate of drug-likeness (QED) is 0.726. The highest BCUT2D eigenvalue weighted by Gasteiger charge is 2.27. The molecule has 0 saturated heterocycles. The Morgan fingerprint density at radius 3 is 2.38 bits per heavy atom. The molecule has 5 nitrogen and oxygen atoms in total. The average molecular weight is 390 g/mol. The number of hydrogen-bond acceptors (Lipinski definition) is 5. The first kappa shape index (κ1) is 19.2. The molecule has 0 aliphatic heterocycles. The van der Waals surface area contributed by atoms with Gasteiger partial charge in [-0.05, 0) is 36.2 Å². The first-order valence-electron chi connectivity index (χ1n) is 7.43. The summed E-state index contributed by atoms with van der Waals surface area (Å²) < 4.78 is 33.2. The highest BCUT2D eigenvalue weighted by molar-refractivity contribution is 7.91. The molecule has 0 bridgehead atoms. The monoisotopic (exact) mass is 389 g/mol. The molecule has 0 fully saturated rings. The maximum Gasteiger partial charge on any atom is 0.250 e. The fraction of sp³-hybridized carbons (Fsp3) is 0.375. The Kier molecular flexibility index (Phi) is 6.65. The van der Waals surface area contributed by atoms with E-state index in [-0.39, 0.29) is 16.7 Å². The van der Waals surface area contributed by atoms with E-state index in [0.29, 0.717) is 10.8 Å². The maximum atomic E-state index is 12.5. The Morgan fingerprint density at radius 2 is 1.92 bits per heavy atom. The predicted molar refractivity (Wildman–Crippen MR) is 96.6 cm³/mol. The minimum absolute atomic E-state index is 0.135. The Balaban J connectivity index is 2.24. The maximum absolute atomic E-state index is 12.5. The zero-order valence-corrected chi connectivity index (χ0v) is 15.8. The molecule has 1 aromatic carbocycles. The van der Waals surface area contributed by atoms with Gasteiger partial charge in [0.2, 0.25) is 10.0 Å². The van der Waals surface area contributed by atoms with E-state index in [4.69, 9.17) is 16.3 Å². The lowest BCUT2D eigenvalue weighted by atomic mass is 9.90. The molecule has 1 aromatic heterocycles. The number of thiophene rings is 1. The summed E-state index contributed by atoms with van der Waals surface area (Å²) in [5.41, 5.74) is 0.935. The van der Waals surface area contributed by atoms with E-state index in [0.717, 1.165) is 22.6 Å². The number of benzene rings is 1. The standard InChI is InChI=1S/C16H20ClNO4S2/c1-3-13(11-4-6-12(22-2)7-5-11)14(10-19)18-24(20,21)16-9-8-15(17)23-16/h4-9,13-14,18-19H,3,10H2,1-2H3/t13-,14-/m0/s1. The van der Waals surface area contributed by atoms with Crippen molar-refractivity contribution in [3.63, 3.8) is 0 Å². The van der Waals surface area contributed by atoms with Crippen LogP contribution in [-0.2, 0) is 10.0 Å². The molecular weight excluding hydrogens is 370 g/mol. The summed E-state index contributed by atoms with van der Waals surface area (Å²) in [6.45, 7) is 1.65. The van der Waals surface area contributed by atoms with Gasteiger partial charge in [0.1, 0.15) is 9.96 Å². The van der Waals surface area contributed by atoms with Gasteiger partial charge in [0.15, 0.2) is 0 Å². The van der Waals surface area contributed by atoms with Gasteiger partial charge in [-0.25, -0.2) is 13.1 Å². The lowest BCUT2D eigenvalue weighted by Gasteiger charge is -2.25. The van der Waals surface area contributed by atoms with Crippen molar-refractivity contribution in [2.24, 2.45) is 0 Å². The van der Waals surface area contributed by atoms with Crippen LogP contribution in [0, 0.1) is 0 Å². The second-order valence-electron chi connectivity index (χ2n) is 5.26. The highest BCUT2D eigenvalue weighted by atomic mass is 35.5. The van der Waals surface area contributed by atoms with E-state index >= 15 is 0 Å². The van der Waals surface area contributed by atoms with Crippen LogP contribution in [0.5, 0.6) is 5.75 Å². The Morgan fingerprint density at radius 1 is 1.25 bits per heavy atom. The number of aliphatic hydroxyl groups is 1. The zero-order valence-electron chi connectivity index (χ0n) is 13.4. The van der Waals surface area contributed by atoms with E-state index in [2.05, 4.69) is 4.72 Å². The normalized spacial score (nSPS) is 14.3. The predicted octanol–water partition coefficient (Wildman–Crippen LogP) is 3.24. The van der Waals surface area contributed by atoms with Gasteiger partial charge in [-0.2, -0.15) is 0 Å². The van der Waals surface area contributed by atoms with Crippen LogP contribution in [0.4, 0.5) is 0 Å². The fourth-order valence-corrected chi connectivity index (χ4v) is 5.32. The average Bonchev–Trinajstić information content (AvgIpc) is 3.02. The summed E-state index contributed by atoms with van der Waals surface area (Å²) in [7, 11) is -2.14. The van der Waals surface area contributed by atoms with Gasteiger partial charge in [0.25, 0.3) is 0 Å². The van der Waals surface area contributed by atoms with Crippen LogP contribution in [-0.4, -0.2) is 33.3 Å². The van der Waals surface area contributed by atoms with Crippen molar-refractivity contribution >= 4 is 33.0 Å². The minimum atomic E-state index is -3.73. The molecule has 0 unspecified atom stereocenters. The van der Waals surface area contributed by atoms with Crippen LogP contribution in [0.3, 0.4) is 0 Å². The minimum Gasteiger partial charge on any atom is -0.497 e. The number of hydrogen-bond donors (Lipinski definition) is 2. The van der Waals surface area contributed by atoms with Gasteiger partial charge < -0.3 is 9.84 Å². The molecule has 24 heavy (non-hydrogen) atoms. The summed E-state index contributed by atoms with van der Waals surface area (Å²) in [6, 6.07) is 9.76. The van der Waals surface area contributed by atoms with Crippen LogP contribution in [0.1, 0.15) is 24.8 Å². The molecule has 0 aliphatic carbocycles. The molecule has 2 atom stereocenters. The Hall–Kier alpha value is -1.12. The van der Waals surface area contributed by atoms with E-state index in [1.807, 2.05) is 31.2 Å². The number of rotatable bonds is 8. The van der Waals surface area contributed by atoms with Crippen molar-refractivity contribution in [1.82, 2.24) is 4.72 Å². The molecule has 2 N–H and O–H groups in total. The molecule has 0 spiro atoms.